The first-order chi connectivity index (χ1) is 10.3. The van der Waals surface area contributed by atoms with Crippen LogP contribution in [0.1, 0.15) is 34.1 Å². The van der Waals surface area contributed by atoms with E-state index in [2.05, 4.69) is 27.4 Å². The zero-order valence-corrected chi connectivity index (χ0v) is 14.7. The molecule has 1 rings (SSSR count). The SMILES string of the molecule is CCNC(=NCCNC(=O)C(C)(C)C)N(C)CC1CCOC1. The molecule has 2 N–H and O–H groups in total. The molecule has 128 valence electrons. The predicted octanol–water partition coefficient (Wildman–Crippen LogP) is 1.08. The highest BCUT2D eigenvalue weighted by Gasteiger charge is 2.21. The minimum atomic E-state index is -0.354. The lowest BCUT2D eigenvalue weighted by Crippen LogP contribution is -2.42. The van der Waals surface area contributed by atoms with Crippen molar-refractivity contribution in [3.63, 3.8) is 0 Å². The van der Waals surface area contributed by atoms with Gasteiger partial charge in [0, 0.05) is 44.6 Å². The molecule has 6 heteroatoms. The average Bonchev–Trinajstić information content (AvgIpc) is 2.93. The number of ether oxygens (including phenoxy) is 1. The molecule has 0 spiro atoms. The van der Waals surface area contributed by atoms with Crippen molar-refractivity contribution in [1.82, 2.24) is 15.5 Å². The van der Waals surface area contributed by atoms with E-state index in [9.17, 15) is 4.79 Å². The smallest absolute Gasteiger partial charge is 0.225 e. The second-order valence-corrected chi connectivity index (χ2v) is 6.85. The van der Waals surface area contributed by atoms with Crippen LogP contribution in [0.15, 0.2) is 4.99 Å². The number of nitrogens with zero attached hydrogens (tertiary/aromatic N) is 2. The molecule has 1 unspecified atom stereocenters. The predicted molar refractivity (Wildman–Crippen MR) is 90.0 cm³/mol. The molecule has 22 heavy (non-hydrogen) atoms. The van der Waals surface area contributed by atoms with Gasteiger partial charge in [-0.25, -0.2) is 0 Å². The third-order valence-corrected chi connectivity index (χ3v) is 3.59. The van der Waals surface area contributed by atoms with Gasteiger partial charge in [-0.15, -0.1) is 0 Å². The van der Waals surface area contributed by atoms with Gasteiger partial charge in [0.15, 0.2) is 5.96 Å². The number of nitrogens with one attached hydrogen (secondary N) is 2. The fourth-order valence-corrected chi connectivity index (χ4v) is 2.27. The van der Waals surface area contributed by atoms with Gasteiger partial charge in [0.25, 0.3) is 0 Å². The summed E-state index contributed by atoms with van der Waals surface area (Å²) in [5.74, 6) is 1.53. The van der Waals surface area contributed by atoms with Crippen LogP contribution in [0.3, 0.4) is 0 Å². The summed E-state index contributed by atoms with van der Waals surface area (Å²) in [6.45, 7) is 12.4. The first-order valence-electron chi connectivity index (χ1n) is 8.20. The lowest BCUT2D eigenvalue weighted by atomic mass is 9.96. The van der Waals surface area contributed by atoms with E-state index in [1.54, 1.807) is 0 Å². The Labute approximate surface area is 134 Å². The van der Waals surface area contributed by atoms with Crippen LogP contribution >= 0.6 is 0 Å². The van der Waals surface area contributed by atoms with Crippen LogP contribution in [0.25, 0.3) is 0 Å². The van der Waals surface area contributed by atoms with Gasteiger partial charge in [0.2, 0.25) is 5.91 Å². The maximum Gasteiger partial charge on any atom is 0.225 e. The van der Waals surface area contributed by atoms with Crippen LogP contribution in [0.4, 0.5) is 0 Å². The number of hydrogen-bond acceptors (Lipinski definition) is 3. The van der Waals surface area contributed by atoms with Crippen LogP contribution in [0.5, 0.6) is 0 Å². The van der Waals surface area contributed by atoms with Crippen molar-refractivity contribution < 1.29 is 9.53 Å². The molecule has 1 aliphatic rings. The first kappa shape index (κ1) is 18.7. The molecule has 0 aromatic carbocycles. The Balaban J connectivity index is 2.41. The largest absolute Gasteiger partial charge is 0.381 e. The Morgan fingerprint density at radius 3 is 2.64 bits per heavy atom. The molecule has 1 aliphatic heterocycles. The Kier molecular flexibility index (Phi) is 7.65. The van der Waals surface area contributed by atoms with Crippen LogP contribution in [-0.2, 0) is 9.53 Å². The third kappa shape index (κ3) is 6.64. The third-order valence-electron chi connectivity index (χ3n) is 3.59. The van der Waals surface area contributed by atoms with Crippen LogP contribution in [0, 0.1) is 11.3 Å². The van der Waals surface area contributed by atoms with Crippen molar-refractivity contribution in [2.24, 2.45) is 16.3 Å². The number of carbonyl (C=O) groups excluding carboxylic acids is 1. The molecule has 0 aliphatic carbocycles. The van der Waals surface area contributed by atoms with E-state index in [0.29, 0.717) is 19.0 Å². The van der Waals surface area contributed by atoms with Crippen LogP contribution in [-0.4, -0.2) is 63.2 Å². The first-order valence-corrected chi connectivity index (χ1v) is 8.20. The molecule has 0 bridgehead atoms. The van der Waals surface area contributed by atoms with Gasteiger partial charge in [-0.3, -0.25) is 9.79 Å². The molecule has 1 saturated heterocycles. The van der Waals surface area contributed by atoms with Gasteiger partial charge in [-0.1, -0.05) is 20.8 Å². The minimum Gasteiger partial charge on any atom is -0.381 e. The fourth-order valence-electron chi connectivity index (χ4n) is 2.27. The van der Waals surface area contributed by atoms with E-state index in [0.717, 1.165) is 38.7 Å². The molecule has 1 atom stereocenters. The van der Waals surface area contributed by atoms with Crippen LogP contribution < -0.4 is 10.6 Å². The van der Waals surface area contributed by atoms with Gasteiger partial charge >= 0.3 is 0 Å². The van der Waals surface area contributed by atoms with Crippen molar-refractivity contribution >= 4 is 11.9 Å². The van der Waals surface area contributed by atoms with E-state index in [1.807, 2.05) is 27.8 Å². The number of guanidine groups is 1. The van der Waals surface area contributed by atoms with Crippen molar-refractivity contribution in [3.8, 4) is 0 Å². The van der Waals surface area contributed by atoms with Gasteiger partial charge in [-0.05, 0) is 13.3 Å². The lowest BCUT2D eigenvalue weighted by molar-refractivity contribution is -0.128. The molecule has 0 saturated carbocycles. The summed E-state index contributed by atoms with van der Waals surface area (Å²) in [7, 11) is 2.05. The van der Waals surface area contributed by atoms with Gasteiger partial charge in [0.05, 0.1) is 13.2 Å². The van der Waals surface area contributed by atoms with Crippen molar-refractivity contribution in [1.29, 1.82) is 0 Å². The maximum absolute atomic E-state index is 11.8. The summed E-state index contributed by atoms with van der Waals surface area (Å²) in [6, 6.07) is 0. The van der Waals surface area contributed by atoms with Gasteiger partial charge < -0.3 is 20.3 Å². The minimum absolute atomic E-state index is 0.0594. The Bertz CT molecular complexity index is 371. The summed E-state index contributed by atoms with van der Waals surface area (Å²) in [6.07, 6.45) is 1.12. The van der Waals surface area contributed by atoms with Crippen molar-refractivity contribution in [3.05, 3.63) is 0 Å². The number of amides is 1. The maximum atomic E-state index is 11.8. The number of rotatable bonds is 6. The zero-order valence-electron chi connectivity index (χ0n) is 14.7. The normalized spacial score (nSPS) is 19.1. The Morgan fingerprint density at radius 2 is 2.09 bits per heavy atom. The Morgan fingerprint density at radius 1 is 1.36 bits per heavy atom. The number of hydrogen-bond donors (Lipinski definition) is 2. The molecular weight excluding hydrogens is 280 g/mol. The Hall–Kier alpha value is -1.30. The lowest BCUT2D eigenvalue weighted by Gasteiger charge is -2.24. The summed E-state index contributed by atoms with van der Waals surface area (Å²) in [5, 5.41) is 6.22. The molecule has 0 aromatic heterocycles. The van der Waals surface area contributed by atoms with E-state index < -0.39 is 0 Å². The van der Waals surface area contributed by atoms with Crippen molar-refractivity contribution in [2.75, 3.05) is 46.4 Å². The average molecular weight is 312 g/mol. The monoisotopic (exact) mass is 312 g/mol. The van der Waals surface area contributed by atoms with Gasteiger partial charge in [-0.2, -0.15) is 0 Å². The van der Waals surface area contributed by atoms with Crippen LogP contribution in [0.2, 0.25) is 0 Å². The standard InChI is InChI=1S/C16H32N4O2/c1-6-17-15(20(5)11-13-7-10-22-12-13)19-9-8-18-14(21)16(2,3)4/h13H,6-12H2,1-5H3,(H,17,19)(H,18,21). The summed E-state index contributed by atoms with van der Waals surface area (Å²) in [4.78, 5) is 18.5. The highest BCUT2D eigenvalue weighted by Crippen LogP contribution is 2.13. The second-order valence-electron chi connectivity index (χ2n) is 6.85. The molecule has 0 radical (unpaired) electrons. The quantitative estimate of drug-likeness (QED) is 0.438. The molecular formula is C16H32N4O2. The summed E-state index contributed by atoms with van der Waals surface area (Å²) in [5.41, 5.74) is -0.354. The molecule has 1 fully saturated rings. The van der Waals surface area contributed by atoms with Crippen molar-refractivity contribution in [2.45, 2.75) is 34.1 Å². The van der Waals surface area contributed by atoms with E-state index in [-0.39, 0.29) is 11.3 Å². The molecule has 0 aromatic rings. The van der Waals surface area contributed by atoms with Gasteiger partial charge in [0.1, 0.15) is 0 Å². The summed E-state index contributed by atoms with van der Waals surface area (Å²) < 4.78 is 5.42. The summed E-state index contributed by atoms with van der Waals surface area (Å²) >= 11 is 0. The fraction of sp³-hybridized carbons (Fsp3) is 0.875. The highest BCUT2D eigenvalue weighted by atomic mass is 16.5. The zero-order chi connectivity index (χ0) is 16.6. The second kappa shape index (κ2) is 8.98. The topological polar surface area (TPSA) is 66.0 Å². The number of carbonyl (C=O) groups is 1. The number of aliphatic imine (C=N–C) groups is 1. The van der Waals surface area contributed by atoms with E-state index in [1.165, 1.54) is 0 Å². The molecule has 1 heterocycles. The molecule has 1 amide bonds. The highest BCUT2D eigenvalue weighted by molar-refractivity contribution is 5.81. The van der Waals surface area contributed by atoms with E-state index in [4.69, 9.17) is 4.74 Å². The molecule has 6 nitrogen and oxygen atoms in total. The van der Waals surface area contributed by atoms with E-state index >= 15 is 0 Å².